The molecule has 0 aliphatic carbocycles. The molecule has 0 aliphatic heterocycles. The highest BCUT2D eigenvalue weighted by Crippen LogP contribution is 2.28. The summed E-state index contributed by atoms with van der Waals surface area (Å²) < 4.78 is 0. The topological polar surface area (TPSA) is 26.0 Å². The summed E-state index contributed by atoms with van der Waals surface area (Å²) in [6, 6.07) is 8.89. The summed E-state index contributed by atoms with van der Waals surface area (Å²) in [7, 11) is 0. The van der Waals surface area contributed by atoms with E-state index < -0.39 is 0 Å². The monoisotopic (exact) mass is 219 g/mol. The molecule has 90 valence electrons. The minimum atomic E-state index is 0.154. The van der Waals surface area contributed by atoms with Crippen LogP contribution in [0, 0.1) is 5.41 Å². The summed E-state index contributed by atoms with van der Waals surface area (Å²) in [4.78, 5) is 0. The van der Waals surface area contributed by atoms with E-state index in [1.54, 1.807) is 0 Å². The Kier molecular flexibility index (Phi) is 4.15. The number of benzene rings is 1. The quantitative estimate of drug-likeness (QED) is 0.808. The second-order valence-corrected chi connectivity index (χ2v) is 6.19. The normalized spacial score (nSPS) is 14.2. The van der Waals surface area contributed by atoms with Gasteiger partial charge in [-0.2, -0.15) is 0 Å². The second kappa shape index (κ2) is 5.01. The number of hydrogen-bond donors (Lipinski definition) is 1. The van der Waals surface area contributed by atoms with Crippen LogP contribution in [0.25, 0.3) is 0 Å². The fourth-order valence-electron chi connectivity index (χ4n) is 1.91. The highest BCUT2D eigenvalue weighted by molar-refractivity contribution is 5.26. The van der Waals surface area contributed by atoms with Crippen molar-refractivity contribution >= 4 is 0 Å². The van der Waals surface area contributed by atoms with Crippen LogP contribution in [0.3, 0.4) is 0 Å². The van der Waals surface area contributed by atoms with E-state index in [0.29, 0.717) is 5.92 Å². The van der Waals surface area contributed by atoms with Crippen molar-refractivity contribution in [1.29, 1.82) is 0 Å². The molecule has 1 nitrogen and oxygen atoms in total. The lowest BCUT2D eigenvalue weighted by atomic mass is 9.85. The number of nitrogens with two attached hydrogens (primary N) is 1. The molecule has 1 rings (SSSR count). The van der Waals surface area contributed by atoms with Crippen molar-refractivity contribution in [3.63, 3.8) is 0 Å². The van der Waals surface area contributed by atoms with Crippen molar-refractivity contribution in [1.82, 2.24) is 0 Å². The van der Waals surface area contributed by atoms with Gasteiger partial charge in [-0.25, -0.2) is 0 Å². The molecule has 0 heterocycles. The Labute approximate surface area is 100 Å². The Balaban J connectivity index is 2.74. The predicted molar refractivity (Wildman–Crippen MR) is 71.5 cm³/mol. The van der Waals surface area contributed by atoms with E-state index in [9.17, 15) is 0 Å². The minimum Gasteiger partial charge on any atom is -0.324 e. The zero-order valence-corrected chi connectivity index (χ0v) is 11.2. The summed E-state index contributed by atoms with van der Waals surface area (Å²) >= 11 is 0. The molecule has 0 radical (unpaired) electrons. The molecular weight excluding hydrogens is 194 g/mol. The van der Waals surface area contributed by atoms with E-state index in [0.717, 1.165) is 6.42 Å². The third-order valence-electron chi connectivity index (χ3n) is 2.86. The van der Waals surface area contributed by atoms with Crippen LogP contribution in [0.1, 0.15) is 64.1 Å². The van der Waals surface area contributed by atoms with Gasteiger partial charge in [0.15, 0.2) is 0 Å². The van der Waals surface area contributed by atoms with Gasteiger partial charge in [0.25, 0.3) is 0 Å². The molecule has 0 saturated carbocycles. The van der Waals surface area contributed by atoms with Crippen LogP contribution < -0.4 is 5.73 Å². The average Bonchev–Trinajstić information content (AvgIpc) is 2.15. The molecule has 1 heteroatoms. The lowest BCUT2D eigenvalue weighted by molar-refractivity contribution is 0.343. The first kappa shape index (κ1) is 13.2. The maximum absolute atomic E-state index is 6.21. The molecular formula is C15H25N. The lowest BCUT2D eigenvalue weighted by Crippen LogP contribution is -2.18. The van der Waals surface area contributed by atoms with Gasteiger partial charge < -0.3 is 5.73 Å². The van der Waals surface area contributed by atoms with Crippen molar-refractivity contribution in [2.75, 3.05) is 0 Å². The first-order valence-corrected chi connectivity index (χ1v) is 6.15. The van der Waals surface area contributed by atoms with E-state index >= 15 is 0 Å². The molecule has 0 spiro atoms. The van der Waals surface area contributed by atoms with E-state index in [1.807, 2.05) is 0 Å². The second-order valence-electron chi connectivity index (χ2n) is 6.19. The van der Waals surface area contributed by atoms with Gasteiger partial charge in [0.1, 0.15) is 0 Å². The first-order valence-electron chi connectivity index (χ1n) is 6.15. The van der Waals surface area contributed by atoms with Gasteiger partial charge in [-0.1, -0.05) is 58.9 Å². The summed E-state index contributed by atoms with van der Waals surface area (Å²) in [5.74, 6) is 0.591. The lowest BCUT2D eigenvalue weighted by Gasteiger charge is -2.23. The summed E-state index contributed by atoms with van der Waals surface area (Å²) in [5, 5.41) is 0. The average molecular weight is 219 g/mol. The highest BCUT2D eigenvalue weighted by atomic mass is 14.6. The molecule has 1 atom stereocenters. The van der Waals surface area contributed by atoms with Crippen LogP contribution in [0.2, 0.25) is 0 Å². The van der Waals surface area contributed by atoms with Crippen molar-refractivity contribution < 1.29 is 0 Å². The Morgan fingerprint density at radius 1 is 1.00 bits per heavy atom. The van der Waals surface area contributed by atoms with Gasteiger partial charge in [-0.05, 0) is 28.9 Å². The smallest absolute Gasteiger partial charge is 0.0299 e. The molecule has 0 saturated heterocycles. The van der Waals surface area contributed by atoms with Gasteiger partial charge in [-0.15, -0.1) is 0 Å². The Bertz CT molecular complexity index is 316. The van der Waals surface area contributed by atoms with Gasteiger partial charge in [-0.3, -0.25) is 0 Å². The molecule has 2 N–H and O–H groups in total. The molecule has 0 aliphatic rings. The molecule has 0 bridgehead atoms. The van der Waals surface area contributed by atoms with Crippen LogP contribution in [-0.4, -0.2) is 0 Å². The Hall–Kier alpha value is -0.820. The fourth-order valence-corrected chi connectivity index (χ4v) is 1.91. The molecule has 0 amide bonds. The predicted octanol–water partition coefficient (Wildman–Crippen LogP) is 4.25. The highest BCUT2D eigenvalue weighted by Gasteiger charge is 2.16. The first-order chi connectivity index (χ1) is 7.29. The molecule has 0 aromatic heterocycles. The zero-order valence-electron chi connectivity index (χ0n) is 11.2. The van der Waals surface area contributed by atoms with E-state index in [4.69, 9.17) is 5.73 Å². The maximum Gasteiger partial charge on any atom is 0.0299 e. The van der Waals surface area contributed by atoms with Crippen LogP contribution in [0.4, 0.5) is 0 Å². The van der Waals surface area contributed by atoms with E-state index in [-0.39, 0.29) is 11.5 Å². The van der Waals surface area contributed by atoms with Crippen molar-refractivity contribution in [2.45, 2.75) is 53.0 Å². The van der Waals surface area contributed by atoms with Gasteiger partial charge in [0, 0.05) is 6.04 Å². The third-order valence-corrected chi connectivity index (χ3v) is 2.86. The van der Waals surface area contributed by atoms with E-state index in [1.165, 1.54) is 11.1 Å². The fraction of sp³-hybridized carbons (Fsp3) is 0.600. The van der Waals surface area contributed by atoms with Crippen molar-refractivity contribution in [2.24, 2.45) is 11.1 Å². The molecule has 1 aromatic carbocycles. The van der Waals surface area contributed by atoms with Gasteiger partial charge in [0.2, 0.25) is 0 Å². The minimum absolute atomic E-state index is 0.154. The standard InChI is InChI=1S/C15H25N/c1-11(2)12-6-8-13(9-7-12)14(16)10-15(3,4)5/h6-9,11,14H,10,16H2,1-5H3. The van der Waals surface area contributed by atoms with Crippen LogP contribution in [0.5, 0.6) is 0 Å². The largest absolute Gasteiger partial charge is 0.324 e. The summed E-state index contributed by atoms with van der Waals surface area (Å²) in [5.41, 5.74) is 9.13. The van der Waals surface area contributed by atoms with Crippen LogP contribution in [-0.2, 0) is 0 Å². The summed E-state index contributed by atoms with van der Waals surface area (Å²) in [6.07, 6.45) is 1.02. The van der Waals surface area contributed by atoms with Crippen LogP contribution in [0.15, 0.2) is 24.3 Å². The SMILES string of the molecule is CC(C)c1ccc(C(N)CC(C)(C)C)cc1. The van der Waals surface area contributed by atoms with Gasteiger partial charge >= 0.3 is 0 Å². The van der Waals surface area contributed by atoms with E-state index in [2.05, 4.69) is 58.9 Å². The molecule has 1 unspecified atom stereocenters. The maximum atomic E-state index is 6.21. The summed E-state index contributed by atoms with van der Waals surface area (Å²) in [6.45, 7) is 11.1. The molecule has 0 fully saturated rings. The third kappa shape index (κ3) is 3.97. The van der Waals surface area contributed by atoms with Crippen molar-refractivity contribution in [3.05, 3.63) is 35.4 Å². The van der Waals surface area contributed by atoms with Crippen LogP contribution >= 0.6 is 0 Å². The Morgan fingerprint density at radius 2 is 1.44 bits per heavy atom. The van der Waals surface area contributed by atoms with Gasteiger partial charge in [0.05, 0.1) is 0 Å². The van der Waals surface area contributed by atoms with Crippen molar-refractivity contribution in [3.8, 4) is 0 Å². The molecule has 1 aromatic rings. The zero-order chi connectivity index (χ0) is 12.3. The molecule has 16 heavy (non-hydrogen) atoms. The number of rotatable bonds is 3. The number of hydrogen-bond acceptors (Lipinski definition) is 1. The Morgan fingerprint density at radius 3 is 1.81 bits per heavy atom.